The van der Waals surface area contributed by atoms with Crippen LogP contribution in [-0.2, 0) is 17.8 Å². The maximum atomic E-state index is 13.1. The van der Waals surface area contributed by atoms with E-state index in [1.54, 1.807) is 11.3 Å². The van der Waals surface area contributed by atoms with E-state index in [9.17, 15) is 4.79 Å². The van der Waals surface area contributed by atoms with Gasteiger partial charge < -0.3 is 10.2 Å². The number of aromatic nitrogens is 1. The molecule has 4 bridgehead atoms. The van der Waals surface area contributed by atoms with Crippen LogP contribution in [0.25, 0.3) is 0 Å². The van der Waals surface area contributed by atoms with Crippen molar-refractivity contribution in [2.75, 3.05) is 18.9 Å². The molecule has 23 heavy (non-hydrogen) atoms. The molecule has 4 saturated carbocycles. The number of likely N-dealkylation sites (N-methyl/N-ethyl adjacent to an activating group) is 1. The van der Waals surface area contributed by atoms with Crippen LogP contribution in [0.15, 0.2) is 0 Å². The Labute approximate surface area is 141 Å². The fourth-order valence-electron chi connectivity index (χ4n) is 6.00. The molecule has 6 rings (SSSR count). The summed E-state index contributed by atoms with van der Waals surface area (Å²) in [5.74, 6) is 2.71. The minimum atomic E-state index is -0.0717. The van der Waals surface area contributed by atoms with E-state index >= 15 is 0 Å². The molecular weight excluding hydrogens is 306 g/mol. The molecule has 124 valence electrons. The number of hydrogen-bond donors (Lipinski definition) is 1. The van der Waals surface area contributed by atoms with Crippen LogP contribution < -0.4 is 5.32 Å². The average Bonchev–Trinajstić information content (AvgIpc) is 2.87. The monoisotopic (exact) mass is 331 g/mol. The topological polar surface area (TPSA) is 45.2 Å². The van der Waals surface area contributed by atoms with Gasteiger partial charge in [-0.3, -0.25) is 4.79 Å². The first-order valence-electron chi connectivity index (χ1n) is 9.08. The summed E-state index contributed by atoms with van der Waals surface area (Å²) >= 11 is 1.69. The molecule has 4 fully saturated rings. The van der Waals surface area contributed by atoms with Crippen LogP contribution in [0.2, 0.25) is 0 Å². The Morgan fingerprint density at radius 3 is 2.52 bits per heavy atom. The molecule has 0 unspecified atom stereocenters. The standard InChI is InChI=1S/C18H25N3OS/c1-21-3-2-14-15(10-21)23-17(19-14)20-16(22)18-7-11-4-12(8-18)6-13(5-11)9-18/h11-13H,2-10H2,1H3,(H,19,20,22). The molecule has 0 saturated heterocycles. The molecule has 5 heteroatoms. The summed E-state index contributed by atoms with van der Waals surface area (Å²) in [7, 11) is 2.15. The van der Waals surface area contributed by atoms with E-state index in [2.05, 4.69) is 17.3 Å². The molecular formula is C18H25N3OS. The van der Waals surface area contributed by atoms with Crippen molar-refractivity contribution in [3.05, 3.63) is 10.6 Å². The van der Waals surface area contributed by atoms with Crippen LogP contribution in [0.3, 0.4) is 0 Å². The first-order chi connectivity index (χ1) is 11.1. The molecule has 5 aliphatic rings. The molecule has 0 atom stereocenters. The number of carbonyl (C=O) groups excluding carboxylic acids is 1. The average molecular weight is 331 g/mol. The van der Waals surface area contributed by atoms with Gasteiger partial charge in [0, 0.05) is 24.4 Å². The summed E-state index contributed by atoms with van der Waals surface area (Å²) in [4.78, 5) is 21.5. The zero-order chi connectivity index (χ0) is 15.6. The highest BCUT2D eigenvalue weighted by Crippen LogP contribution is 2.60. The maximum Gasteiger partial charge on any atom is 0.232 e. The third kappa shape index (κ3) is 2.35. The van der Waals surface area contributed by atoms with Gasteiger partial charge in [-0.2, -0.15) is 0 Å². The zero-order valence-corrected chi connectivity index (χ0v) is 14.6. The van der Waals surface area contributed by atoms with E-state index in [0.29, 0.717) is 0 Å². The highest BCUT2D eigenvalue weighted by Gasteiger charge is 2.54. The van der Waals surface area contributed by atoms with Gasteiger partial charge >= 0.3 is 0 Å². The summed E-state index contributed by atoms with van der Waals surface area (Å²) in [6, 6.07) is 0. The number of rotatable bonds is 2. The Bertz CT molecular complexity index is 617. The van der Waals surface area contributed by atoms with E-state index < -0.39 is 0 Å². The Morgan fingerprint density at radius 1 is 1.22 bits per heavy atom. The largest absolute Gasteiger partial charge is 0.301 e. The molecule has 0 radical (unpaired) electrons. The van der Waals surface area contributed by atoms with Gasteiger partial charge in [0.25, 0.3) is 0 Å². The molecule has 1 amide bonds. The summed E-state index contributed by atoms with van der Waals surface area (Å²) in [5.41, 5.74) is 1.13. The number of amides is 1. The lowest BCUT2D eigenvalue weighted by Gasteiger charge is -2.55. The second kappa shape index (κ2) is 5.03. The normalized spacial score (nSPS) is 38.6. The number of nitrogens with one attached hydrogen (secondary N) is 1. The summed E-state index contributed by atoms with van der Waals surface area (Å²) < 4.78 is 0. The van der Waals surface area contributed by atoms with E-state index in [4.69, 9.17) is 4.98 Å². The van der Waals surface area contributed by atoms with Crippen LogP contribution in [0, 0.1) is 23.2 Å². The SMILES string of the molecule is CN1CCc2nc(NC(=O)C34CC5CC(CC(C5)C3)C4)sc2C1. The van der Waals surface area contributed by atoms with Crippen molar-refractivity contribution < 1.29 is 4.79 Å². The Morgan fingerprint density at radius 2 is 1.87 bits per heavy atom. The Hall–Kier alpha value is -0.940. The quantitative estimate of drug-likeness (QED) is 0.904. The van der Waals surface area contributed by atoms with Gasteiger partial charge in [0.1, 0.15) is 0 Å². The number of anilines is 1. The van der Waals surface area contributed by atoms with Gasteiger partial charge in [0.05, 0.1) is 11.1 Å². The zero-order valence-electron chi connectivity index (χ0n) is 13.8. The van der Waals surface area contributed by atoms with E-state index in [1.165, 1.54) is 29.8 Å². The molecule has 4 nitrogen and oxygen atoms in total. The van der Waals surface area contributed by atoms with Crippen molar-refractivity contribution in [1.82, 2.24) is 9.88 Å². The van der Waals surface area contributed by atoms with Gasteiger partial charge in [-0.25, -0.2) is 4.98 Å². The van der Waals surface area contributed by atoms with Crippen LogP contribution in [0.4, 0.5) is 5.13 Å². The maximum absolute atomic E-state index is 13.1. The summed E-state index contributed by atoms with van der Waals surface area (Å²) in [6.07, 6.45) is 8.52. The second-order valence-corrected chi connectivity index (χ2v) is 9.61. The van der Waals surface area contributed by atoms with Crippen molar-refractivity contribution in [2.24, 2.45) is 23.2 Å². The molecule has 4 aliphatic carbocycles. The van der Waals surface area contributed by atoms with Crippen molar-refractivity contribution in [3.63, 3.8) is 0 Å². The smallest absolute Gasteiger partial charge is 0.232 e. The van der Waals surface area contributed by atoms with E-state index in [-0.39, 0.29) is 11.3 Å². The summed E-state index contributed by atoms with van der Waals surface area (Å²) in [6.45, 7) is 2.04. The van der Waals surface area contributed by atoms with Crippen LogP contribution in [0.5, 0.6) is 0 Å². The first-order valence-corrected chi connectivity index (χ1v) is 9.90. The van der Waals surface area contributed by atoms with E-state index in [1.807, 2.05) is 0 Å². The predicted octanol–water partition coefficient (Wildman–Crippen LogP) is 3.29. The van der Waals surface area contributed by atoms with Crippen molar-refractivity contribution >= 4 is 22.4 Å². The second-order valence-electron chi connectivity index (χ2n) is 8.53. The van der Waals surface area contributed by atoms with Crippen LogP contribution in [-0.4, -0.2) is 29.4 Å². The lowest BCUT2D eigenvalue weighted by Crippen LogP contribution is -2.51. The lowest BCUT2D eigenvalue weighted by molar-refractivity contribution is -0.140. The first kappa shape index (κ1) is 14.4. The third-order valence-corrected chi connectivity index (χ3v) is 7.66. The fraction of sp³-hybridized carbons (Fsp3) is 0.778. The van der Waals surface area contributed by atoms with E-state index in [0.717, 1.165) is 61.7 Å². The minimum Gasteiger partial charge on any atom is -0.301 e. The summed E-state index contributed by atoms with van der Waals surface area (Å²) in [5, 5.41) is 4.06. The molecule has 0 spiro atoms. The van der Waals surface area contributed by atoms with Gasteiger partial charge in [-0.1, -0.05) is 0 Å². The van der Waals surface area contributed by atoms with Gasteiger partial charge in [0.2, 0.25) is 5.91 Å². The molecule has 1 N–H and O–H groups in total. The number of carbonyl (C=O) groups is 1. The minimum absolute atomic E-state index is 0.0717. The molecule has 2 heterocycles. The van der Waals surface area contributed by atoms with Gasteiger partial charge in [0.15, 0.2) is 5.13 Å². The third-order valence-electron chi connectivity index (χ3n) is 6.66. The van der Waals surface area contributed by atoms with Crippen molar-refractivity contribution in [2.45, 2.75) is 51.5 Å². The number of nitrogens with zero attached hydrogens (tertiary/aromatic N) is 2. The molecule has 1 aliphatic heterocycles. The Kier molecular flexibility index (Phi) is 3.15. The number of fused-ring (bicyclic) bond motifs is 1. The van der Waals surface area contributed by atoms with Crippen LogP contribution >= 0.6 is 11.3 Å². The van der Waals surface area contributed by atoms with Crippen molar-refractivity contribution in [1.29, 1.82) is 0 Å². The van der Waals surface area contributed by atoms with Crippen LogP contribution in [0.1, 0.15) is 49.1 Å². The lowest BCUT2D eigenvalue weighted by atomic mass is 9.49. The van der Waals surface area contributed by atoms with Gasteiger partial charge in [-0.15, -0.1) is 11.3 Å². The molecule has 0 aromatic carbocycles. The van der Waals surface area contributed by atoms with Crippen molar-refractivity contribution in [3.8, 4) is 0 Å². The number of hydrogen-bond acceptors (Lipinski definition) is 4. The number of thiazole rings is 1. The molecule has 1 aromatic heterocycles. The fourth-order valence-corrected chi connectivity index (χ4v) is 7.08. The highest BCUT2D eigenvalue weighted by molar-refractivity contribution is 7.15. The predicted molar refractivity (Wildman–Crippen MR) is 91.4 cm³/mol. The molecule has 1 aromatic rings. The Balaban J connectivity index is 1.36. The highest BCUT2D eigenvalue weighted by atomic mass is 32.1. The van der Waals surface area contributed by atoms with Gasteiger partial charge in [-0.05, 0) is 63.3 Å².